The highest BCUT2D eigenvalue weighted by Crippen LogP contribution is 1.99. The van der Waals surface area contributed by atoms with Crippen molar-refractivity contribution in [2.24, 2.45) is 0 Å². The summed E-state index contributed by atoms with van der Waals surface area (Å²) < 4.78 is 5.13. The third kappa shape index (κ3) is 2.53. The highest BCUT2D eigenvalue weighted by molar-refractivity contribution is 5.21. The standard InChI is InChI=1S/C9H12O/c1-9-5-2-3-7-10-8-4-6-9/h2,4-6,8H,3,7H2,1H3/b5-2+,8-4+,9-6-. The minimum Gasteiger partial charge on any atom is -0.501 e. The lowest BCUT2D eigenvalue weighted by atomic mass is 10.2. The third-order valence-corrected chi connectivity index (χ3v) is 1.32. The second kappa shape index (κ2) is 3.94. The van der Waals surface area contributed by atoms with Crippen LogP contribution in [0.25, 0.3) is 0 Å². The van der Waals surface area contributed by atoms with Gasteiger partial charge in [-0.2, -0.15) is 0 Å². The van der Waals surface area contributed by atoms with Gasteiger partial charge in [0.25, 0.3) is 0 Å². The minimum atomic E-state index is 0.786. The fourth-order valence-electron chi connectivity index (χ4n) is 0.776. The Kier molecular flexibility index (Phi) is 2.81. The molecule has 0 aromatic heterocycles. The summed E-state index contributed by atoms with van der Waals surface area (Å²) in [5.41, 5.74) is 1.27. The van der Waals surface area contributed by atoms with Gasteiger partial charge in [-0.1, -0.05) is 23.8 Å². The number of rotatable bonds is 0. The smallest absolute Gasteiger partial charge is 0.0907 e. The van der Waals surface area contributed by atoms with E-state index in [1.807, 2.05) is 12.2 Å². The van der Waals surface area contributed by atoms with E-state index < -0.39 is 0 Å². The average molecular weight is 136 g/mol. The molecule has 10 heavy (non-hydrogen) atoms. The molecule has 1 aliphatic rings. The highest BCUT2D eigenvalue weighted by Gasteiger charge is 1.83. The Labute approximate surface area is 61.7 Å². The zero-order chi connectivity index (χ0) is 7.23. The van der Waals surface area contributed by atoms with Gasteiger partial charge in [-0.3, -0.25) is 0 Å². The Hall–Kier alpha value is -0.980. The zero-order valence-electron chi connectivity index (χ0n) is 6.21. The van der Waals surface area contributed by atoms with Gasteiger partial charge in [-0.05, 0) is 19.4 Å². The molecular formula is C9H12O. The summed E-state index contributed by atoms with van der Waals surface area (Å²) in [5, 5.41) is 0. The van der Waals surface area contributed by atoms with Gasteiger partial charge in [0.1, 0.15) is 0 Å². The van der Waals surface area contributed by atoms with Crippen molar-refractivity contribution in [3.05, 3.63) is 36.1 Å². The van der Waals surface area contributed by atoms with Gasteiger partial charge in [0, 0.05) is 0 Å². The molecule has 0 radical (unpaired) electrons. The van der Waals surface area contributed by atoms with E-state index in [0.717, 1.165) is 13.0 Å². The van der Waals surface area contributed by atoms with Crippen LogP contribution < -0.4 is 0 Å². The highest BCUT2D eigenvalue weighted by atomic mass is 16.5. The molecule has 0 N–H and O–H groups in total. The van der Waals surface area contributed by atoms with E-state index >= 15 is 0 Å². The van der Waals surface area contributed by atoms with Crippen molar-refractivity contribution in [3.8, 4) is 0 Å². The van der Waals surface area contributed by atoms with Crippen molar-refractivity contribution >= 4 is 0 Å². The van der Waals surface area contributed by atoms with Crippen molar-refractivity contribution in [2.45, 2.75) is 13.3 Å². The van der Waals surface area contributed by atoms with Crippen LogP contribution in [-0.4, -0.2) is 6.61 Å². The van der Waals surface area contributed by atoms with Crippen LogP contribution in [0.3, 0.4) is 0 Å². The molecule has 0 aromatic carbocycles. The molecule has 0 aliphatic carbocycles. The van der Waals surface area contributed by atoms with Gasteiger partial charge in [0.05, 0.1) is 12.9 Å². The van der Waals surface area contributed by atoms with Gasteiger partial charge in [-0.15, -0.1) is 0 Å². The summed E-state index contributed by atoms with van der Waals surface area (Å²) in [4.78, 5) is 0. The van der Waals surface area contributed by atoms with Crippen LogP contribution in [0.1, 0.15) is 13.3 Å². The molecule has 0 unspecified atom stereocenters. The summed E-state index contributed by atoms with van der Waals surface area (Å²) in [6, 6.07) is 0. The Balaban J connectivity index is 2.60. The van der Waals surface area contributed by atoms with E-state index in [9.17, 15) is 0 Å². The van der Waals surface area contributed by atoms with Crippen LogP contribution in [0, 0.1) is 0 Å². The van der Waals surface area contributed by atoms with Gasteiger partial charge in [0.15, 0.2) is 0 Å². The SMILES string of the molecule is CC1=C/C=C/OCC\C=C\1. The first-order chi connectivity index (χ1) is 4.89. The minimum absolute atomic E-state index is 0.786. The van der Waals surface area contributed by atoms with E-state index in [1.165, 1.54) is 5.57 Å². The maximum Gasteiger partial charge on any atom is 0.0907 e. The first-order valence-corrected chi connectivity index (χ1v) is 3.51. The molecule has 1 heteroatoms. The van der Waals surface area contributed by atoms with Crippen molar-refractivity contribution in [1.29, 1.82) is 0 Å². The van der Waals surface area contributed by atoms with E-state index in [-0.39, 0.29) is 0 Å². The lowest BCUT2D eigenvalue weighted by Crippen LogP contribution is -1.82. The van der Waals surface area contributed by atoms with Crippen LogP contribution in [0.15, 0.2) is 36.1 Å². The monoisotopic (exact) mass is 136 g/mol. The van der Waals surface area contributed by atoms with Crippen molar-refractivity contribution in [2.75, 3.05) is 6.61 Å². The topological polar surface area (TPSA) is 9.23 Å². The quantitative estimate of drug-likeness (QED) is 0.497. The molecule has 0 spiro atoms. The van der Waals surface area contributed by atoms with Crippen LogP contribution >= 0.6 is 0 Å². The maximum atomic E-state index is 5.13. The van der Waals surface area contributed by atoms with Crippen LogP contribution in [0.5, 0.6) is 0 Å². The predicted molar refractivity (Wildman–Crippen MR) is 42.6 cm³/mol. The van der Waals surface area contributed by atoms with Crippen LogP contribution in [0.2, 0.25) is 0 Å². The summed E-state index contributed by atoms with van der Waals surface area (Å²) in [7, 11) is 0. The molecule has 0 fully saturated rings. The molecule has 0 amide bonds. The number of hydrogen-bond acceptors (Lipinski definition) is 1. The molecule has 0 atom stereocenters. The Bertz CT molecular complexity index is 175. The second-order valence-electron chi connectivity index (χ2n) is 2.30. The van der Waals surface area contributed by atoms with Crippen molar-refractivity contribution < 1.29 is 4.74 Å². The first kappa shape index (κ1) is 7.13. The number of hydrogen-bond donors (Lipinski definition) is 0. The fraction of sp³-hybridized carbons (Fsp3) is 0.333. The number of ether oxygens (including phenoxy) is 1. The molecular weight excluding hydrogens is 124 g/mol. The van der Waals surface area contributed by atoms with E-state index in [1.54, 1.807) is 6.26 Å². The van der Waals surface area contributed by atoms with Crippen LogP contribution in [-0.2, 0) is 4.74 Å². The second-order valence-corrected chi connectivity index (χ2v) is 2.30. The summed E-state index contributed by atoms with van der Waals surface area (Å²) >= 11 is 0. The number of allylic oxidation sites excluding steroid dienone is 4. The molecule has 0 saturated heterocycles. The van der Waals surface area contributed by atoms with Crippen molar-refractivity contribution in [1.82, 2.24) is 0 Å². The zero-order valence-corrected chi connectivity index (χ0v) is 6.21. The molecule has 1 rings (SSSR count). The molecule has 54 valence electrons. The van der Waals surface area contributed by atoms with Gasteiger partial charge in [0.2, 0.25) is 0 Å². The normalized spacial score (nSPS) is 29.9. The Morgan fingerprint density at radius 1 is 1.50 bits per heavy atom. The van der Waals surface area contributed by atoms with Gasteiger partial charge < -0.3 is 4.74 Å². The van der Waals surface area contributed by atoms with E-state index in [0.29, 0.717) is 0 Å². The molecule has 0 aromatic rings. The lowest BCUT2D eigenvalue weighted by molar-refractivity contribution is 0.256. The Morgan fingerprint density at radius 2 is 2.40 bits per heavy atom. The molecule has 0 bridgehead atoms. The van der Waals surface area contributed by atoms with Gasteiger partial charge >= 0.3 is 0 Å². The first-order valence-electron chi connectivity index (χ1n) is 3.51. The average Bonchev–Trinajstić information content (AvgIpc) is 2.02. The van der Waals surface area contributed by atoms with Crippen LogP contribution in [0.4, 0.5) is 0 Å². The van der Waals surface area contributed by atoms with Gasteiger partial charge in [-0.25, -0.2) is 0 Å². The molecule has 1 heterocycles. The summed E-state index contributed by atoms with van der Waals surface area (Å²) in [6.07, 6.45) is 10.9. The summed E-state index contributed by atoms with van der Waals surface area (Å²) in [6.45, 7) is 2.86. The largest absolute Gasteiger partial charge is 0.501 e. The Morgan fingerprint density at radius 3 is 3.30 bits per heavy atom. The van der Waals surface area contributed by atoms with E-state index in [2.05, 4.69) is 19.1 Å². The fourth-order valence-corrected chi connectivity index (χ4v) is 0.776. The molecule has 1 nitrogen and oxygen atoms in total. The molecule has 0 saturated carbocycles. The van der Waals surface area contributed by atoms with Crippen molar-refractivity contribution in [3.63, 3.8) is 0 Å². The van der Waals surface area contributed by atoms with E-state index in [4.69, 9.17) is 4.74 Å². The predicted octanol–water partition coefficient (Wildman–Crippen LogP) is 2.42. The molecule has 1 aliphatic heterocycles. The summed E-state index contributed by atoms with van der Waals surface area (Å²) in [5.74, 6) is 0. The third-order valence-electron chi connectivity index (χ3n) is 1.32. The maximum absolute atomic E-state index is 5.13. The lowest BCUT2D eigenvalue weighted by Gasteiger charge is -1.92.